The van der Waals surface area contributed by atoms with Crippen LogP contribution in [0, 0.1) is 0 Å². The molecule has 0 aliphatic carbocycles. The number of hydrogen-bond acceptors (Lipinski definition) is 11. The monoisotopic (exact) mass is 1220 g/mol. The third kappa shape index (κ3) is 14.7. The Morgan fingerprint density at radius 1 is 0.682 bits per heavy atom. The Morgan fingerprint density at radius 3 is 2.20 bits per heavy atom. The third-order valence-corrected chi connectivity index (χ3v) is 16.6. The summed E-state index contributed by atoms with van der Waals surface area (Å²) in [7, 11) is 0. The lowest BCUT2D eigenvalue weighted by molar-refractivity contribution is -0.360. The number of rotatable bonds is 27. The highest BCUT2D eigenvalue weighted by Crippen LogP contribution is 2.35. The predicted octanol–water partition coefficient (Wildman–Crippen LogP) is 8.20. The maximum absolute atomic E-state index is 16.2. The van der Waals surface area contributed by atoms with Crippen molar-refractivity contribution in [2.45, 2.75) is 71.0 Å². The standard InChI is InChI=1S/C66H72BF2N9O9S/c1-65(2,74-64(84)66(3,4)73-61(81)44-87-51-27-29-56-54(41-51)55(42-76(56)34-33-75-35-37-85-38-36-75)62(82)53-15-10-13-46-12-7-8-14-52(46)53)63(83)72-32-31-71-59(79)17-6-5-9-30-70-60(80)43-86-50-25-19-45(20-26-50)18-21-47-22-23-48-40-49-24-28-57(58-16-11-39-88-58)78(49)67(68,69)77(47)48/h7-8,10-16,18-29,39-42H,5-6,9,17,30-38,43-44H2,1-4H3,(H,70,80)(H,71,79)(H,72,83)(H,73,81)(H,74,84)/b21-18+. The molecule has 7 aromatic rings. The molecular weight excluding hydrogens is 1140 g/mol. The van der Waals surface area contributed by atoms with Crippen LogP contribution in [0.1, 0.15) is 91.1 Å². The second-order valence-electron chi connectivity index (χ2n) is 23.0. The van der Waals surface area contributed by atoms with Gasteiger partial charge in [0.15, 0.2) is 30.4 Å². The molecule has 0 atom stereocenters. The number of aromatic nitrogens is 2. The number of halogens is 2. The number of ether oxygens (including phenoxy) is 3. The summed E-state index contributed by atoms with van der Waals surface area (Å²) in [6, 6.07) is 32.9. The number of hydrogen-bond donors (Lipinski definition) is 5. The van der Waals surface area contributed by atoms with Gasteiger partial charge < -0.3 is 63.0 Å². The number of nitrogens with zero attached hydrogens (tertiary/aromatic N) is 4. The van der Waals surface area contributed by atoms with Crippen LogP contribution in [0.3, 0.4) is 0 Å². The minimum atomic E-state index is -4.15. The van der Waals surface area contributed by atoms with Crippen molar-refractivity contribution in [2.75, 3.05) is 65.7 Å². The number of amides is 5. The summed E-state index contributed by atoms with van der Waals surface area (Å²) in [5.41, 5.74) is 1.60. The van der Waals surface area contributed by atoms with Crippen LogP contribution < -0.4 is 36.1 Å². The zero-order chi connectivity index (χ0) is 62.0. The van der Waals surface area contributed by atoms with Gasteiger partial charge in [0.2, 0.25) is 17.7 Å². The summed E-state index contributed by atoms with van der Waals surface area (Å²) in [6.45, 7) is 6.44. The number of thiophene rings is 1. The van der Waals surface area contributed by atoms with Gasteiger partial charge in [-0.15, -0.1) is 11.3 Å². The minimum Gasteiger partial charge on any atom is -0.484 e. The quantitative estimate of drug-likeness (QED) is 0.0190. The normalized spacial score (nSPS) is 14.8. The minimum absolute atomic E-state index is 0.105. The van der Waals surface area contributed by atoms with Gasteiger partial charge in [0.1, 0.15) is 22.6 Å². The van der Waals surface area contributed by atoms with Crippen LogP contribution >= 0.6 is 11.3 Å². The van der Waals surface area contributed by atoms with Crippen molar-refractivity contribution in [2.24, 2.45) is 0 Å². The zero-order valence-electron chi connectivity index (χ0n) is 49.7. The fourth-order valence-corrected chi connectivity index (χ4v) is 11.7. The Bertz CT molecular complexity index is 3880. The molecule has 0 saturated carbocycles. The van der Waals surface area contributed by atoms with Crippen LogP contribution in [0.4, 0.5) is 8.63 Å². The molecule has 18 nitrogen and oxygen atoms in total. The molecular formula is C66H72BF2N9O9S. The molecule has 0 radical (unpaired) electrons. The lowest BCUT2D eigenvalue weighted by Crippen LogP contribution is -2.63. The van der Waals surface area contributed by atoms with E-state index in [1.807, 2.05) is 72.2 Å². The molecule has 88 heavy (non-hydrogen) atoms. The molecule has 3 aliphatic heterocycles. The number of unbranched alkanes of at least 4 members (excludes halogenated alkanes) is 2. The maximum atomic E-state index is 16.2. The van der Waals surface area contributed by atoms with Gasteiger partial charge in [-0.25, -0.2) is 0 Å². The smallest absolute Gasteiger partial charge is 0.484 e. The number of morpholine rings is 1. The summed E-state index contributed by atoms with van der Waals surface area (Å²) < 4.78 is 53.8. The average Bonchev–Trinajstić information content (AvgIpc) is 2.17. The molecule has 6 heterocycles. The summed E-state index contributed by atoms with van der Waals surface area (Å²) >= 11 is 1.42. The molecule has 0 unspecified atom stereocenters. The third-order valence-electron chi connectivity index (χ3n) is 15.7. The fourth-order valence-electron chi connectivity index (χ4n) is 10.9. The number of fused-ring (bicyclic) bond motifs is 4. The number of allylic oxidation sites excluding steroid dienone is 2. The van der Waals surface area contributed by atoms with E-state index in [1.54, 1.807) is 78.9 Å². The first kappa shape index (κ1) is 62.1. The van der Waals surface area contributed by atoms with Crippen LogP contribution in [0.15, 0.2) is 139 Å². The van der Waals surface area contributed by atoms with E-state index in [4.69, 9.17) is 14.2 Å². The van der Waals surface area contributed by atoms with Crippen molar-refractivity contribution < 1.29 is 56.1 Å². The first-order valence-electron chi connectivity index (χ1n) is 29.6. The molecule has 458 valence electrons. The number of nitrogens with one attached hydrogen (secondary N) is 5. The molecule has 1 fully saturated rings. The van der Waals surface area contributed by atoms with E-state index in [1.165, 1.54) is 39.0 Å². The number of carbonyl (C=O) groups is 6. The molecule has 3 aromatic heterocycles. The van der Waals surface area contributed by atoms with Crippen molar-refractivity contribution in [3.63, 3.8) is 0 Å². The first-order chi connectivity index (χ1) is 42.3. The van der Waals surface area contributed by atoms with Crippen molar-refractivity contribution in [3.8, 4) is 11.5 Å². The fraction of sp³-hybridized carbons (Fsp3) is 0.318. The van der Waals surface area contributed by atoms with Crippen LogP contribution in [0.25, 0.3) is 39.9 Å². The molecule has 3 aliphatic rings. The van der Waals surface area contributed by atoms with Crippen molar-refractivity contribution in [1.82, 2.24) is 40.5 Å². The SMILES string of the molecule is CC(C)(NC(=O)COc1ccc2c(c1)c(C(=O)c1cccc3ccccc13)cn2CCN1CCOCC1)C(=O)NC(C)(C)C(=O)NCCNC(=O)CCCCCNC(=O)COc1ccc(/C=C/c2ccc3n2[B-](F)(F)[N+]2=C(c4cccs4)C=CC2=C3)cc1. The van der Waals surface area contributed by atoms with E-state index in [0.717, 1.165) is 55.3 Å². The van der Waals surface area contributed by atoms with Gasteiger partial charge in [0, 0.05) is 110 Å². The highest BCUT2D eigenvalue weighted by atomic mass is 32.1. The van der Waals surface area contributed by atoms with E-state index in [0.29, 0.717) is 96.4 Å². The largest absolute Gasteiger partial charge is 0.737 e. The van der Waals surface area contributed by atoms with E-state index in [9.17, 15) is 28.8 Å². The van der Waals surface area contributed by atoms with Gasteiger partial charge in [-0.1, -0.05) is 73.2 Å². The number of carbonyl (C=O) groups excluding carboxylic acids is 6. The predicted molar refractivity (Wildman–Crippen MR) is 338 cm³/mol. The van der Waals surface area contributed by atoms with Crippen molar-refractivity contribution in [3.05, 3.63) is 172 Å². The molecule has 0 bridgehead atoms. The lowest BCUT2D eigenvalue weighted by Gasteiger charge is -2.31. The van der Waals surface area contributed by atoms with Crippen molar-refractivity contribution in [1.29, 1.82) is 0 Å². The summed E-state index contributed by atoms with van der Waals surface area (Å²) in [5, 5.41) is 18.1. The molecule has 4 aromatic carbocycles. The Morgan fingerprint density at radius 2 is 1.41 bits per heavy atom. The van der Waals surface area contributed by atoms with E-state index in [-0.39, 0.29) is 43.7 Å². The number of ketones is 1. The van der Waals surface area contributed by atoms with Crippen LogP contribution in [0.5, 0.6) is 11.5 Å². The topological polar surface area (TPSA) is 206 Å². The Hall–Kier alpha value is -8.99. The molecule has 0 spiro atoms. The zero-order valence-corrected chi connectivity index (χ0v) is 50.6. The summed E-state index contributed by atoms with van der Waals surface area (Å²) in [6.07, 6.45) is 12.7. The van der Waals surface area contributed by atoms with Gasteiger partial charge >= 0.3 is 6.97 Å². The second kappa shape index (κ2) is 27.4. The number of benzene rings is 4. The Balaban J connectivity index is 0.598. The first-order valence-corrected chi connectivity index (χ1v) is 30.5. The van der Waals surface area contributed by atoms with Crippen LogP contribution in [0.2, 0.25) is 0 Å². The van der Waals surface area contributed by atoms with E-state index in [2.05, 4.69) is 36.1 Å². The van der Waals surface area contributed by atoms with Gasteiger partial charge in [-0.2, -0.15) is 0 Å². The highest BCUT2D eigenvalue weighted by Gasteiger charge is 2.52. The maximum Gasteiger partial charge on any atom is 0.737 e. The van der Waals surface area contributed by atoms with Gasteiger partial charge in [-0.05, 0) is 117 Å². The molecule has 22 heteroatoms. The van der Waals surface area contributed by atoms with Crippen molar-refractivity contribution >= 4 is 99.2 Å². The van der Waals surface area contributed by atoms with Gasteiger partial charge in [-0.3, -0.25) is 33.7 Å². The van der Waals surface area contributed by atoms with Gasteiger partial charge in [0.25, 0.3) is 11.8 Å². The van der Waals surface area contributed by atoms with Gasteiger partial charge in [0.05, 0.1) is 18.1 Å². The summed E-state index contributed by atoms with van der Waals surface area (Å²) in [4.78, 5) is 82.6. The van der Waals surface area contributed by atoms with Crippen LogP contribution in [-0.4, -0.2) is 143 Å². The highest BCUT2D eigenvalue weighted by molar-refractivity contribution is 7.12. The molecule has 10 rings (SSSR count). The Labute approximate surface area is 513 Å². The summed E-state index contributed by atoms with van der Waals surface area (Å²) in [5.74, 6) is -1.48. The van der Waals surface area contributed by atoms with E-state index >= 15 is 8.63 Å². The Kier molecular flexibility index (Phi) is 19.3. The van der Waals surface area contributed by atoms with E-state index < -0.39 is 42.4 Å². The second-order valence-corrected chi connectivity index (χ2v) is 23.9. The molecule has 5 amide bonds. The molecule has 5 N–H and O–H groups in total. The molecule has 1 saturated heterocycles. The average molecular weight is 1220 g/mol. The van der Waals surface area contributed by atoms with Crippen LogP contribution in [-0.2, 0) is 35.3 Å². The lowest BCUT2D eigenvalue weighted by atomic mass is 9.90.